The van der Waals surface area contributed by atoms with Gasteiger partial charge in [-0.25, -0.2) is 4.98 Å². The van der Waals surface area contributed by atoms with Gasteiger partial charge in [-0.2, -0.15) is 0 Å². The first-order valence-corrected chi connectivity index (χ1v) is 5.46. The molecule has 0 spiro atoms. The van der Waals surface area contributed by atoms with Gasteiger partial charge < -0.3 is 9.72 Å². The summed E-state index contributed by atoms with van der Waals surface area (Å²) in [4.78, 5) is 7.43. The highest BCUT2D eigenvalue weighted by molar-refractivity contribution is 5.21. The highest BCUT2D eigenvalue weighted by Gasteiger charge is 2.07. The van der Waals surface area contributed by atoms with E-state index in [0.717, 1.165) is 23.7 Å². The molecule has 1 aromatic heterocycles. The summed E-state index contributed by atoms with van der Waals surface area (Å²) in [6.07, 6.45) is 2.88. The third-order valence-electron chi connectivity index (χ3n) is 2.34. The Balaban J connectivity index is 1.92. The normalized spacial score (nSPS) is 12.4. The SMILES string of the molecule is Cc1nc(CC(C)Oc2ccccc2)c[nH]1. The van der Waals surface area contributed by atoms with Crippen LogP contribution in [0.2, 0.25) is 0 Å². The number of nitrogens with one attached hydrogen (secondary N) is 1. The molecule has 84 valence electrons. The van der Waals surface area contributed by atoms with Crippen LogP contribution in [0.3, 0.4) is 0 Å². The minimum atomic E-state index is 0.130. The minimum absolute atomic E-state index is 0.130. The third kappa shape index (κ3) is 2.86. The molecule has 3 heteroatoms. The summed E-state index contributed by atoms with van der Waals surface area (Å²) >= 11 is 0. The fourth-order valence-electron chi connectivity index (χ4n) is 1.64. The Morgan fingerprint density at radius 2 is 2.06 bits per heavy atom. The van der Waals surface area contributed by atoms with Crippen LogP contribution in [0.25, 0.3) is 0 Å². The number of imidazole rings is 1. The van der Waals surface area contributed by atoms with Gasteiger partial charge in [-0.05, 0) is 26.0 Å². The van der Waals surface area contributed by atoms with Crippen LogP contribution in [0.5, 0.6) is 5.75 Å². The lowest BCUT2D eigenvalue weighted by molar-refractivity contribution is 0.221. The average Bonchev–Trinajstić information content (AvgIpc) is 2.65. The molecule has 1 aromatic carbocycles. The summed E-state index contributed by atoms with van der Waals surface area (Å²) in [6.45, 7) is 4.00. The number of hydrogen-bond acceptors (Lipinski definition) is 2. The van der Waals surface area contributed by atoms with E-state index in [1.54, 1.807) is 0 Å². The Hall–Kier alpha value is -1.77. The van der Waals surface area contributed by atoms with Crippen LogP contribution in [-0.4, -0.2) is 16.1 Å². The molecule has 1 unspecified atom stereocenters. The molecule has 0 bridgehead atoms. The highest BCUT2D eigenvalue weighted by Crippen LogP contribution is 2.12. The van der Waals surface area contributed by atoms with Gasteiger partial charge in [-0.3, -0.25) is 0 Å². The van der Waals surface area contributed by atoms with Crippen molar-refractivity contribution in [3.63, 3.8) is 0 Å². The van der Waals surface area contributed by atoms with Gasteiger partial charge in [-0.1, -0.05) is 18.2 Å². The van der Waals surface area contributed by atoms with Crippen molar-refractivity contribution in [2.75, 3.05) is 0 Å². The molecule has 0 fully saturated rings. The first-order valence-electron chi connectivity index (χ1n) is 5.46. The average molecular weight is 216 g/mol. The summed E-state index contributed by atoms with van der Waals surface area (Å²) < 4.78 is 5.77. The lowest BCUT2D eigenvalue weighted by Crippen LogP contribution is -2.15. The lowest BCUT2D eigenvalue weighted by Gasteiger charge is -2.13. The Morgan fingerprint density at radius 3 is 2.69 bits per heavy atom. The van der Waals surface area contributed by atoms with Gasteiger partial charge in [0.1, 0.15) is 17.7 Å². The molecule has 16 heavy (non-hydrogen) atoms. The molecule has 0 saturated carbocycles. The largest absolute Gasteiger partial charge is 0.490 e. The zero-order chi connectivity index (χ0) is 11.4. The maximum absolute atomic E-state index is 5.77. The standard InChI is InChI=1S/C13H16N2O/c1-10(8-12-9-14-11(2)15-12)16-13-6-4-3-5-7-13/h3-7,9-10H,8H2,1-2H3,(H,14,15). The number of rotatable bonds is 4. The van der Waals surface area contributed by atoms with Gasteiger partial charge in [-0.15, -0.1) is 0 Å². The Kier molecular flexibility index (Phi) is 3.25. The van der Waals surface area contributed by atoms with Crippen molar-refractivity contribution in [2.45, 2.75) is 26.4 Å². The third-order valence-corrected chi connectivity index (χ3v) is 2.34. The molecule has 0 aliphatic heterocycles. The van der Waals surface area contributed by atoms with Crippen molar-refractivity contribution < 1.29 is 4.74 Å². The van der Waals surface area contributed by atoms with Crippen LogP contribution in [-0.2, 0) is 6.42 Å². The van der Waals surface area contributed by atoms with Crippen molar-refractivity contribution >= 4 is 0 Å². The number of hydrogen-bond donors (Lipinski definition) is 1. The molecule has 2 aromatic rings. The van der Waals surface area contributed by atoms with E-state index in [2.05, 4.69) is 16.9 Å². The first-order chi connectivity index (χ1) is 7.74. The number of para-hydroxylation sites is 1. The van der Waals surface area contributed by atoms with Crippen LogP contribution in [0.15, 0.2) is 36.5 Å². The lowest BCUT2D eigenvalue weighted by atomic mass is 10.2. The van der Waals surface area contributed by atoms with E-state index in [0.29, 0.717) is 0 Å². The molecule has 3 nitrogen and oxygen atoms in total. The van der Waals surface area contributed by atoms with Crippen LogP contribution >= 0.6 is 0 Å². The molecular formula is C13H16N2O. The van der Waals surface area contributed by atoms with Gasteiger partial charge >= 0.3 is 0 Å². The zero-order valence-electron chi connectivity index (χ0n) is 9.60. The van der Waals surface area contributed by atoms with Crippen LogP contribution in [0.1, 0.15) is 18.4 Å². The maximum atomic E-state index is 5.77. The fraction of sp³-hybridized carbons (Fsp3) is 0.308. The van der Waals surface area contributed by atoms with Crippen molar-refractivity contribution in [1.82, 2.24) is 9.97 Å². The fourth-order valence-corrected chi connectivity index (χ4v) is 1.64. The van der Waals surface area contributed by atoms with E-state index in [-0.39, 0.29) is 6.10 Å². The topological polar surface area (TPSA) is 37.9 Å². The summed E-state index contributed by atoms with van der Waals surface area (Å²) in [5.41, 5.74) is 1.04. The second-order valence-corrected chi connectivity index (χ2v) is 3.92. The van der Waals surface area contributed by atoms with E-state index in [9.17, 15) is 0 Å². The maximum Gasteiger partial charge on any atom is 0.119 e. The molecule has 0 saturated heterocycles. The van der Waals surface area contributed by atoms with E-state index >= 15 is 0 Å². The number of aryl methyl sites for hydroxylation is 1. The quantitative estimate of drug-likeness (QED) is 0.853. The van der Waals surface area contributed by atoms with Gasteiger partial charge in [0, 0.05) is 12.6 Å². The number of aromatic nitrogens is 2. The number of ether oxygens (including phenoxy) is 1. The van der Waals surface area contributed by atoms with Crippen LogP contribution < -0.4 is 4.74 Å². The molecule has 2 rings (SSSR count). The molecule has 0 aliphatic carbocycles. The molecule has 0 radical (unpaired) electrons. The molecule has 0 amide bonds. The summed E-state index contributed by atoms with van der Waals surface area (Å²) in [5.74, 6) is 1.85. The number of nitrogens with zero attached hydrogens (tertiary/aromatic N) is 1. The van der Waals surface area contributed by atoms with Gasteiger partial charge in [0.05, 0.1) is 5.69 Å². The van der Waals surface area contributed by atoms with E-state index < -0.39 is 0 Å². The van der Waals surface area contributed by atoms with Crippen molar-refractivity contribution in [2.24, 2.45) is 0 Å². The van der Waals surface area contributed by atoms with E-state index in [1.807, 2.05) is 43.5 Å². The molecule has 1 heterocycles. The predicted octanol–water partition coefficient (Wildman–Crippen LogP) is 2.73. The second kappa shape index (κ2) is 4.84. The summed E-state index contributed by atoms with van der Waals surface area (Å²) in [5, 5.41) is 0. The molecular weight excluding hydrogens is 200 g/mol. The Morgan fingerprint density at radius 1 is 1.31 bits per heavy atom. The predicted molar refractivity (Wildman–Crippen MR) is 63.6 cm³/mol. The second-order valence-electron chi connectivity index (χ2n) is 3.92. The van der Waals surface area contributed by atoms with Crippen molar-refractivity contribution in [1.29, 1.82) is 0 Å². The van der Waals surface area contributed by atoms with Crippen LogP contribution in [0.4, 0.5) is 0 Å². The molecule has 0 aliphatic rings. The summed E-state index contributed by atoms with van der Waals surface area (Å²) in [7, 11) is 0. The van der Waals surface area contributed by atoms with Crippen molar-refractivity contribution in [3.05, 3.63) is 48.0 Å². The monoisotopic (exact) mass is 216 g/mol. The smallest absolute Gasteiger partial charge is 0.119 e. The first kappa shape index (κ1) is 10.7. The van der Waals surface area contributed by atoms with Gasteiger partial charge in [0.15, 0.2) is 0 Å². The molecule has 1 atom stereocenters. The molecule has 1 N–H and O–H groups in total. The van der Waals surface area contributed by atoms with Gasteiger partial charge in [0.25, 0.3) is 0 Å². The number of aromatic amines is 1. The van der Waals surface area contributed by atoms with Crippen LogP contribution in [0, 0.1) is 6.92 Å². The Bertz CT molecular complexity index is 436. The van der Waals surface area contributed by atoms with E-state index in [4.69, 9.17) is 4.74 Å². The van der Waals surface area contributed by atoms with Gasteiger partial charge in [0.2, 0.25) is 0 Å². The minimum Gasteiger partial charge on any atom is -0.490 e. The van der Waals surface area contributed by atoms with Crippen molar-refractivity contribution in [3.8, 4) is 5.75 Å². The number of benzene rings is 1. The Labute approximate surface area is 95.5 Å². The summed E-state index contributed by atoms with van der Waals surface area (Å²) in [6, 6.07) is 9.86. The van der Waals surface area contributed by atoms with E-state index in [1.165, 1.54) is 0 Å². The zero-order valence-corrected chi connectivity index (χ0v) is 9.60. The highest BCUT2D eigenvalue weighted by atomic mass is 16.5. The number of H-pyrrole nitrogens is 1.